The van der Waals surface area contributed by atoms with Crippen LogP contribution in [0.25, 0.3) is 0 Å². The molecule has 0 saturated heterocycles. The molecule has 0 atom stereocenters. The Balaban J connectivity index is 2.21. The zero-order valence-corrected chi connectivity index (χ0v) is 11.3. The van der Waals surface area contributed by atoms with Crippen molar-refractivity contribution >= 4 is 11.6 Å². The van der Waals surface area contributed by atoms with Gasteiger partial charge in [-0.25, -0.2) is 8.78 Å². The maximum absolute atomic E-state index is 13.1. The Labute approximate surface area is 116 Å². The molecule has 1 N–H and O–H groups in total. The van der Waals surface area contributed by atoms with Gasteiger partial charge in [0.15, 0.2) is 0 Å². The molecule has 1 amide bonds. The van der Waals surface area contributed by atoms with E-state index in [1.807, 2.05) is 0 Å². The highest BCUT2D eigenvalue weighted by Gasteiger charge is 2.29. The highest BCUT2D eigenvalue weighted by molar-refractivity contribution is 5.98. The van der Waals surface area contributed by atoms with Gasteiger partial charge in [-0.2, -0.15) is 0 Å². The highest BCUT2D eigenvalue weighted by Crippen LogP contribution is 2.25. The molecule has 0 aliphatic rings. The number of nitrogens with one attached hydrogen (secondary N) is 1. The fourth-order valence-corrected chi connectivity index (χ4v) is 1.85. The highest BCUT2D eigenvalue weighted by atomic mass is 19.1. The topological polar surface area (TPSA) is 29.1 Å². The quantitative estimate of drug-likeness (QED) is 0.905. The molecule has 0 bridgehead atoms. The van der Waals surface area contributed by atoms with Crippen molar-refractivity contribution in [3.05, 3.63) is 65.7 Å². The maximum atomic E-state index is 13.1. The van der Waals surface area contributed by atoms with Gasteiger partial charge in [0.1, 0.15) is 11.6 Å². The molecule has 0 fully saturated rings. The van der Waals surface area contributed by atoms with Crippen LogP contribution in [0.3, 0.4) is 0 Å². The van der Waals surface area contributed by atoms with Gasteiger partial charge in [-0.1, -0.05) is 18.2 Å². The lowest BCUT2D eigenvalue weighted by Crippen LogP contribution is -2.34. The largest absolute Gasteiger partial charge is 0.325 e. The van der Waals surface area contributed by atoms with Gasteiger partial charge >= 0.3 is 0 Å². The van der Waals surface area contributed by atoms with Crippen molar-refractivity contribution in [1.82, 2.24) is 0 Å². The van der Waals surface area contributed by atoms with Crippen molar-refractivity contribution in [3.63, 3.8) is 0 Å². The van der Waals surface area contributed by atoms with Gasteiger partial charge in [0.2, 0.25) is 5.91 Å². The number of rotatable bonds is 3. The van der Waals surface area contributed by atoms with Crippen LogP contribution < -0.4 is 5.32 Å². The van der Waals surface area contributed by atoms with E-state index in [0.29, 0.717) is 11.3 Å². The SMILES string of the molecule is CC(C)(C(=O)Nc1cccc(F)c1)c1ccc(F)cc1. The monoisotopic (exact) mass is 275 g/mol. The summed E-state index contributed by atoms with van der Waals surface area (Å²) in [4.78, 5) is 12.3. The minimum absolute atomic E-state index is 0.283. The molecule has 4 heteroatoms. The Kier molecular flexibility index (Phi) is 3.84. The zero-order valence-electron chi connectivity index (χ0n) is 11.3. The van der Waals surface area contributed by atoms with Gasteiger partial charge in [-0.3, -0.25) is 4.79 Å². The summed E-state index contributed by atoms with van der Waals surface area (Å²) in [5.74, 6) is -1.05. The van der Waals surface area contributed by atoms with E-state index >= 15 is 0 Å². The minimum atomic E-state index is -0.847. The van der Waals surface area contributed by atoms with E-state index in [-0.39, 0.29) is 11.7 Å². The Hall–Kier alpha value is -2.23. The molecular formula is C16H15F2NO. The van der Waals surface area contributed by atoms with Crippen LogP contribution in [0.5, 0.6) is 0 Å². The first-order chi connectivity index (χ1) is 9.39. The van der Waals surface area contributed by atoms with Crippen LogP contribution in [-0.2, 0) is 10.2 Å². The van der Waals surface area contributed by atoms with Gasteiger partial charge in [-0.05, 0) is 49.7 Å². The summed E-state index contributed by atoms with van der Waals surface area (Å²) < 4.78 is 26.0. The van der Waals surface area contributed by atoms with Gasteiger partial charge in [0, 0.05) is 5.69 Å². The first-order valence-electron chi connectivity index (χ1n) is 6.22. The predicted molar refractivity (Wildman–Crippen MR) is 74.5 cm³/mol. The third-order valence-corrected chi connectivity index (χ3v) is 3.22. The summed E-state index contributed by atoms with van der Waals surface area (Å²) in [6.07, 6.45) is 0. The Bertz CT molecular complexity index is 621. The second-order valence-corrected chi connectivity index (χ2v) is 5.10. The fraction of sp³-hybridized carbons (Fsp3) is 0.188. The maximum Gasteiger partial charge on any atom is 0.234 e. The molecular weight excluding hydrogens is 260 g/mol. The number of halogens is 2. The molecule has 0 heterocycles. The summed E-state index contributed by atoms with van der Waals surface area (Å²) in [7, 11) is 0. The van der Waals surface area contributed by atoms with Crippen LogP contribution in [0.4, 0.5) is 14.5 Å². The molecule has 2 nitrogen and oxygen atoms in total. The molecule has 0 unspecified atom stereocenters. The van der Waals surface area contributed by atoms with E-state index in [4.69, 9.17) is 0 Å². The molecule has 0 spiro atoms. The van der Waals surface area contributed by atoms with Gasteiger partial charge in [0.05, 0.1) is 5.41 Å². The van der Waals surface area contributed by atoms with Crippen molar-refractivity contribution < 1.29 is 13.6 Å². The molecule has 0 aliphatic carbocycles. The summed E-state index contributed by atoms with van der Waals surface area (Å²) in [6, 6.07) is 11.5. The van der Waals surface area contributed by atoms with E-state index in [2.05, 4.69) is 5.32 Å². The molecule has 0 radical (unpaired) electrons. The van der Waals surface area contributed by atoms with Gasteiger partial charge < -0.3 is 5.32 Å². The van der Waals surface area contributed by atoms with Crippen LogP contribution in [-0.4, -0.2) is 5.91 Å². The average Bonchev–Trinajstić information content (AvgIpc) is 2.39. The van der Waals surface area contributed by atoms with Crippen LogP contribution in [0.1, 0.15) is 19.4 Å². The van der Waals surface area contributed by atoms with Crippen LogP contribution in [0.15, 0.2) is 48.5 Å². The van der Waals surface area contributed by atoms with Crippen molar-refractivity contribution in [2.24, 2.45) is 0 Å². The number of carbonyl (C=O) groups is 1. The molecule has 0 aliphatic heterocycles. The number of hydrogen-bond acceptors (Lipinski definition) is 1. The van der Waals surface area contributed by atoms with E-state index in [1.54, 1.807) is 32.0 Å². The Morgan fingerprint density at radius 1 is 1.00 bits per heavy atom. The van der Waals surface area contributed by atoms with Crippen molar-refractivity contribution in [2.75, 3.05) is 5.32 Å². The molecule has 0 saturated carbocycles. The standard InChI is InChI=1S/C16H15F2NO/c1-16(2,11-6-8-12(17)9-7-11)15(20)19-14-5-3-4-13(18)10-14/h3-10H,1-2H3,(H,19,20). The number of anilines is 1. The predicted octanol–water partition coefficient (Wildman–Crippen LogP) is 3.88. The second kappa shape index (κ2) is 5.41. The summed E-state index contributed by atoms with van der Waals surface area (Å²) >= 11 is 0. The molecule has 104 valence electrons. The summed E-state index contributed by atoms with van der Waals surface area (Å²) in [6.45, 7) is 3.46. The Morgan fingerprint density at radius 2 is 1.65 bits per heavy atom. The summed E-state index contributed by atoms with van der Waals surface area (Å²) in [5.41, 5.74) is 0.234. The first-order valence-corrected chi connectivity index (χ1v) is 6.22. The lowest BCUT2D eigenvalue weighted by Gasteiger charge is -2.24. The number of benzene rings is 2. The van der Waals surface area contributed by atoms with E-state index < -0.39 is 11.2 Å². The third kappa shape index (κ3) is 3.02. The van der Waals surface area contributed by atoms with Crippen LogP contribution in [0, 0.1) is 11.6 Å². The average molecular weight is 275 g/mol. The summed E-state index contributed by atoms with van der Waals surface area (Å²) in [5, 5.41) is 2.66. The third-order valence-electron chi connectivity index (χ3n) is 3.22. The smallest absolute Gasteiger partial charge is 0.234 e. The van der Waals surface area contributed by atoms with E-state index in [1.165, 1.54) is 30.3 Å². The van der Waals surface area contributed by atoms with Crippen LogP contribution in [0.2, 0.25) is 0 Å². The van der Waals surface area contributed by atoms with Crippen molar-refractivity contribution in [1.29, 1.82) is 0 Å². The molecule has 0 aromatic heterocycles. The fourth-order valence-electron chi connectivity index (χ4n) is 1.85. The van der Waals surface area contributed by atoms with E-state index in [9.17, 15) is 13.6 Å². The molecule has 2 aromatic rings. The molecule has 20 heavy (non-hydrogen) atoms. The Morgan fingerprint density at radius 3 is 2.25 bits per heavy atom. The normalized spacial score (nSPS) is 11.2. The minimum Gasteiger partial charge on any atom is -0.325 e. The van der Waals surface area contributed by atoms with Crippen molar-refractivity contribution in [2.45, 2.75) is 19.3 Å². The zero-order chi connectivity index (χ0) is 14.8. The van der Waals surface area contributed by atoms with Gasteiger partial charge in [-0.15, -0.1) is 0 Å². The number of amides is 1. The van der Waals surface area contributed by atoms with Gasteiger partial charge in [0.25, 0.3) is 0 Å². The van der Waals surface area contributed by atoms with Crippen LogP contribution >= 0.6 is 0 Å². The lowest BCUT2D eigenvalue weighted by molar-refractivity contribution is -0.120. The van der Waals surface area contributed by atoms with Crippen molar-refractivity contribution in [3.8, 4) is 0 Å². The molecule has 2 rings (SSSR count). The lowest BCUT2D eigenvalue weighted by atomic mass is 9.83. The van der Waals surface area contributed by atoms with E-state index in [0.717, 1.165) is 0 Å². The first kappa shape index (κ1) is 14.2. The number of hydrogen-bond donors (Lipinski definition) is 1. The number of carbonyl (C=O) groups excluding carboxylic acids is 1. The molecule has 2 aromatic carbocycles. The second-order valence-electron chi connectivity index (χ2n) is 5.10.